The number of hydrogen-bond donors (Lipinski definition) is 1. The van der Waals surface area contributed by atoms with Crippen molar-refractivity contribution in [1.82, 2.24) is 10.3 Å². The predicted octanol–water partition coefficient (Wildman–Crippen LogP) is 3.66. The van der Waals surface area contributed by atoms with Crippen LogP contribution in [-0.2, 0) is 6.18 Å². The molecule has 1 aliphatic rings. The molecule has 0 aliphatic carbocycles. The SMILES string of the molecule is CNC(c1cnc(C(F)(F)F)s1)C1SCCSC1C. The van der Waals surface area contributed by atoms with E-state index >= 15 is 0 Å². The number of nitrogens with one attached hydrogen (secondary N) is 1. The zero-order valence-corrected chi connectivity index (χ0v) is 13.0. The largest absolute Gasteiger partial charge is 0.443 e. The van der Waals surface area contributed by atoms with Gasteiger partial charge in [0.1, 0.15) is 0 Å². The maximum absolute atomic E-state index is 12.6. The first-order chi connectivity index (χ1) is 8.93. The molecule has 1 aliphatic heterocycles. The first-order valence-electron chi connectivity index (χ1n) is 5.87. The molecule has 1 N–H and O–H groups in total. The van der Waals surface area contributed by atoms with E-state index in [9.17, 15) is 13.2 Å². The lowest BCUT2D eigenvalue weighted by molar-refractivity contribution is -0.137. The number of thioether (sulfide) groups is 2. The van der Waals surface area contributed by atoms with Gasteiger partial charge in [-0.15, -0.1) is 11.3 Å². The molecular formula is C11H15F3N2S3. The number of alkyl halides is 3. The summed E-state index contributed by atoms with van der Waals surface area (Å²) in [6, 6.07) is -0.0681. The van der Waals surface area contributed by atoms with Crippen molar-refractivity contribution in [3.05, 3.63) is 16.1 Å². The molecule has 2 heterocycles. The van der Waals surface area contributed by atoms with Gasteiger partial charge in [0.05, 0.1) is 6.04 Å². The minimum atomic E-state index is -4.35. The van der Waals surface area contributed by atoms with Gasteiger partial charge in [-0.2, -0.15) is 36.7 Å². The van der Waals surface area contributed by atoms with Crippen LogP contribution in [0.1, 0.15) is 22.9 Å². The molecular weight excluding hydrogens is 313 g/mol. The van der Waals surface area contributed by atoms with Crippen LogP contribution in [-0.4, -0.2) is 34.0 Å². The van der Waals surface area contributed by atoms with Crippen LogP contribution < -0.4 is 5.32 Å². The normalized spacial score (nSPS) is 26.4. The maximum Gasteiger partial charge on any atom is 0.443 e. The van der Waals surface area contributed by atoms with Gasteiger partial charge >= 0.3 is 6.18 Å². The van der Waals surface area contributed by atoms with Gasteiger partial charge in [0.15, 0.2) is 5.01 Å². The Morgan fingerprint density at radius 2 is 2.05 bits per heavy atom. The quantitative estimate of drug-likeness (QED) is 0.915. The van der Waals surface area contributed by atoms with Crippen LogP contribution in [0.3, 0.4) is 0 Å². The Labute approximate surface area is 122 Å². The zero-order valence-electron chi connectivity index (χ0n) is 10.5. The van der Waals surface area contributed by atoms with Crippen LogP contribution in [0.2, 0.25) is 0 Å². The molecule has 1 aromatic heterocycles. The summed E-state index contributed by atoms with van der Waals surface area (Å²) in [5.41, 5.74) is 0. The van der Waals surface area contributed by atoms with E-state index in [2.05, 4.69) is 17.2 Å². The van der Waals surface area contributed by atoms with Crippen molar-refractivity contribution in [3.63, 3.8) is 0 Å². The molecule has 1 saturated heterocycles. The van der Waals surface area contributed by atoms with Crippen molar-refractivity contribution >= 4 is 34.9 Å². The zero-order chi connectivity index (χ0) is 14.0. The average molecular weight is 328 g/mol. The van der Waals surface area contributed by atoms with E-state index in [-0.39, 0.29) is 11.3 Å². The van der Waals surface area contributed by atoms with Gasteiger partial charge in [0.25, 0.3) is 0 Å². The third kappa shape index (κ3) is 3.59. The lowest BCUT2D eigenvalue weighted by Crippen LogP contribution is -2.35. The van der Waals surface area contributed by atoms with Gasteiger partial charge < -0.3 is 5.32 Å². The first kappa shape index (κ1) is 15.5. The minimum Gasteiger partial charge on any atom is -0.311 e. The van der Waals surface area contributed by atoms with E-state index in [0.717, 1.165) is 22.8 Å². The highest BCUT2D eigenvalue weighted by Crippen LogP contribution is 2.41. The number of rotatable bonds is 3. The van der Waals surface area contributed by atoms with Gasteiger partial charge in [0, 0.05) is 33.1 Å². The maximum atomic E-state index is 12.6. The van der Waals surface area contributed by atoms with Crippen LogP contribution in [0.4, 0.5) is 13.2 Å². The highest BCUT2D eigenvalue weighted by atomic mass is 32.2. The molecule has 19 heavy (non-hydrogen) atoms. The summed E-state index contributed by atoms with van der Waals surface area (Å²) in [5.74, 6) is 2.15. The van der Waals surface area contributed by atoms with Gasteiger partial charge in [-0.3, -0.25) is 0 Å². The predicted molar refractivity (Wildman–Crippen MR) is 77.1 cm³/mol. The number of nitrogens with zero attached hydrogens (tertiary/aromatic N) is 1. The first-order valence-corrected chi connectivity index (χ1v) is 8.78. The average Bonchev–Trinajstić information content (AvgIpc) is 2.82. The Bertz CT molecular complexity index is 422. The van der Waals surface area contributed by atoms with Crippen LogP contribution in [0.15, 0.2) is 6.20 Å². The summed E-state index contributed by atoms with van der Waals surface area (Å²) >= 11 is 4.45. The fraction of sp³-hybridized carbons (Fsp3) is 0.727. The van der Waals surface area contributed by atoms with Crippen molar-refractivity contribution in [2.45, 2.75) is 29.6 Å². The number of halogens is 3. The van der Waals surface area contributed by atoms with E-state index in [0.29, 0.717) is 10.1 Å². The minimum absolute atomic E-state index is 0.0681. The molecule has 2 nitrogen and oxygen atoms in total. The van der Waals surface area contributed by atoms with Crippen LogP contribution in [0.5, 0.6) is 0 Å². The van der Waals surface area contributed by atoms with Crippen LogP contribution in [0.25, 0.3) is 0 Å². The Kier molecular flexibility index (Phi) is 5.08. The molecule has 0 aromatic carbocycles. The standard InChI is InChI=1S/C11H15F3N2S3/c1-6-9(18-4-3-17-6)8(15-2)7-5-16-10(19-7)11(12,13)14/h5-6,8-9,15H,3-4H2,1-2H3. The topological polar surface area (TPSA) is 24.9 Å². The fourth-order valence-electron chi connectivity index (χ4n) is 2.05. The van der Waals surface area contributed by atoms with Gasteiger partial charge in [0.2, 0.25) is 0 Å². The molecule has 2 rings (SSSR count). The molecule has 0 bridgehead atoms. The molecule has 3 unspecified atom stereocenters. The molecule has 0 radical (unpaired) electrons. The summed E-state index contributed by atoms with van der Waals surface area (Å²) < 4.78 is 37.8. The smallest absolute Gasteiger partial charge is 0.311 e. The van der Waals surface area contributed by atoms with Crippen molar-refractivity contribution in [2.75, 3.05) is 18.6 Å². The monoisotopic (exact) mass is 328 g/mol. The Balaban J connectivity index is 2.19. The van der Waals surface area contributed by atoms with Crippen molar-refractivity contribution in [3.8, 4) is 0 Å². The number of thiazole rings is 1. The van der Waals surface area contributed by atoms with Gasteiger partial charge in [-0.1, -0.05) is 6.92 Å². The Morgan fingerprint density at radius 1 is 1.37 bits per heavy atom. The van der Waals surface area contributed by atoms with Crippen LogP contribution in [0, 0.1) is 0 Å². The van der Waals surface area contributed by atoms with E-state index in [1.807, 2.05) is 23.5 Å². The number of aromatic nitrogens is 1. The summed E-state index contributed by atoms with van der Waals surface area (Å²) in [5, 5.41) is 3.10. The molecule has 0 spiro atoms. The summed E-state index contributed by atoms with van der Waals surface area (Å²) in [6.07, 6.45) is -2.98. The Hall–Kier alpha value is 0.0800. The third-order valence-corrected chi connectivity index (χ3v) is 7.27. The summed E-state index contributed by atoms with van der Waals surface area (Å²) in [4.78, 5) is 4.18. The Morgan fingerprint density at radius 3 is 2.58 bits per heavy atom. The van der Waals surface area contributed by atoms with Crippen molar-refractivity contribution in [1.29, 1.82) is 0 Å². The second-order valence-corrected chi connectivity index (χ2v) is 8.08. The molecule has 0 amide bonds. The highest BCUT2D eigenvalue weighted by molar-refractivity contribution is 8.07. The molecule has 1 aromatic rings. The van der Waals surface area contributed by atoms with E-state index in [1.54, 1.807) is 7.05 Å². The summed E-state index contributed by atoms with van der Waals surface area (Å²) in [6.45, 7) is 2.14. The van der Waals surface area contributed by atoms with Gasteiger partial charge in [-0.25, -0.2) is 4.98 Å². The lowest BCUT2D eigenvalue weighted by atomic mass is 10.1. The second-order valence-electron chi connectivity index (χ2n) is 4.24. The van der Waals surface area contributed by atoms with E-state index in [1.165, 1.54) is 6.20 Å². The van der Waals surface area contributed by atoms with Crippen LogP contribution >= 0.6 is 34.9 Å². The molecule has 3 atom stereocenters. The number of hydrogen-bond acceptors (Lipinski definition) is 5. The molecule has 0 saturated carbocycles. The van der Waals surface area contributed by atoms with Gasteiger partial charge in [-0.05, 0) is 7.05 Å². The van der Waals surface area contributed by atoms with E-state index < -0.39 is 11.2 Å². The highest BCUT2D eigenvalue weighted by Gasteiger charge is 2.37. The summed E-state index contributed by atoms with van der Waals surface area (Å²) in [7, 11) is 1.80. The third-order valence-electron chi connectivity index (χ3n) is 2.95. The van der Waals surface area contributed by atoms with Crippen molar-refractivity contribution in [2.24, 2.45) is 0 Å². The van der Waals surface area contributed by atoms with Crippen molar-refractivity contribution < 1.29 is 13.2 Å². The lowest BCUT2D eigenvalue weighted by Gasteiger charge is -2.33. The molecule has 8 heteroatoms. The van der Waals surface area contributed by atoms with E-state index in [4.69, 9.17) is 0 Å². The second kappa shape index (κ2) is 6.24. The molecule has 1 fully saturated rings. The fourth-order valence-corrected chi connectivity index (χ4v) is 6.05. The molecule has 108 valence electrons.